The summed E-state index contributed by atoms with van der Waals surface area (Å²) in [6, 6.07) is 21.9. The minimum atomic E-state index is -1.59. The maximum Gasteiger partial charge on any atom is 0.306 e. The number of benzene rings is 2. The van der Waals surface area contributed by atoms with Crippen LogP contribution in [0.3, 0.4) is 0 Å². The molecule has 0 saturated carbocycles. The first kappa shape index (κ1) is 20.8. The van der Waals surface area contributed by atoms with Gasteiger partial charge in [0.2, 0.25) is 0 Å². The van der Waals surface area contributed by atoms with Crippen molar-refractivity contribution in [3.63, 3.8) is 0 Å². The van der Waals surface area contributed by atoms with Crippen LogP contribution in [-0.2, 0) is 9.53 Å². The summed E-state index contributed by atoms with van der Waals surface area (Å²) in [4.78, 5) is 17.0. The van der Waals surface area contributed by atoms with E-state index in [-0.39, 0.29) is 11.5 Å². The van der Waals surface area contributed by atoms with Crippen LogP contribution >= 0.6 is 0 Å². The lowest BCUT2D eigenvalue weighted by Crippen LogP contribution is -2.64. The van der Waals surface area contributed by atoms with Gasteiger partial charge in [-0.2, -0.15) is 0 Å². The fraction of sp³-hybridized carbons (Fsp3) is 0.435. The molecule has 0 N–H and O–H groups in total. The van der Waals surface area contributed by atoms with Crippen molar-refractivity contribution >= 4 is 25.1 Å². The maximum absolute atomic E-state index is 11.8. The summed E-state index contributed by atoms with van der Waals surface area (Å²) < 4.78 is 4.90. The highest BCUT2D eigenvalue weighted by molar-refractivity contribution is 6.86. The lowest BCUT2D eigenvalue weighted by molar-refractivity contribution is -0.141. The van der Waals surface area contributed by atoms with Gasteiger partial charge in [-0.25, -0.2) is 0 Å². The predicted molar refractivity (Wildman–Crippen MR) is 118 cm³/mol. The van der Waals surface area contributed by atoms with Crippen molar-refractivity contribution in [2.24, 2.45) is 0 Å². The maximum atomic E-state index is 11.8. The molecule has 0 aromatic heterocycles. The van der Waals surface area contributed by atoms with E-state index >= 15 is 0 Å². The second-order valence-electron chi connectivity index (χ2n) is 8.44. The molecule has 1 saturated heterocycles. The fourth-order valence-electron chi connectivity index (χ4n) is 4.26. The second kappa shape index (κ2) is 9.03. The average molecular weight is 397 g/mol. The zero-order valence-electron chi connectivity index (χ0n) is 17.5. The van der Waals surface area contributed by atoms with Gasteiger partial charge in [0.25, 0.3) is 0 Å². The molecule has 0 bridgehead atoms. The zero-order valence-corrected chi connectivity index (χ0v) is 18.6. The van der Waals surface area contributed by atoms with Gasteiger partial charge in [0.1, 0.15) is 8.80 Å². The number of carbonyl (C=O) groups excluding carboxylic acids is 1. The number of nitrogens with zero attached hydrogens (tertiary/aromatic N) is 2. The molecule has 5 heteroatoms. The number of rotatable bonds is 6. The number of esters is 1. The van der Waals surface area contributed by atoms with Gasteiger partial charge >= 0.3 is 5.97 Å². The number of ether oxygens (including phenoxy) is 1. The first-order valence-corrected chi connectivity index (χ1v) is 11.9. The van der Waals surface area contributed by atoms with Gasteiger partial charge < -0.3 is 4.74 Å². The van der Waals surface area contributed by atoms with Crippen LogP contribution in [0, 0.1) is 0 Å². The zero-order chi connectivity index (χ0) is 20.1. The highest BCUT2D eigenvalue weighted by atomic mass is 28.3. The average Bonchev–Trinajstić information content (AvgIpc) is 3.12. The summed E-state index contributed by atoms with van der Waals surface area (Å²) >= 11 is 0. The molecule has 2 aromatic carbocycles. The number of hydrogen-bond donors (Lipinski definition) is 0. The van der Waals surface area contributed by atoms with E-state index in [1.54, 1.807) is 0 Å². The Morgan fingerprint density at radius 2 is 1.54 bits per heavy atom. The lowest BCUT2D eigenvalue weighted by atomic mass is 10.1. The van der Waals surface area contributed by atoms with Crippen LogP contribution < -0.4 is 10.4 Å². The molecule has 0 radical (unpaired) electrons. The van der Waals surface area contributed by atoms with Crippen LogP contribution in [0.2, 0.25) is 0 Å². The molecule has 1 aliphatic heterocycles. The van der Waals surface area contributed by atoms with Gasteiger partial charge in [-0.05, 0) is 20.8 Å². The summed E-state index contributed by atoms with van der Waals surface area (Å²) in [5.41, 5.74) is 0.0689. The van der Waals surface area contributed by atoms with Crippen LogP contribution in [0.5, 0.6) is 0 Å². The molecule has 0 amide bonds. The molecule has 1 atom stereocenters. The van der Waals surface area contributed by atoms with Crippen LogP contribution in [0.1, 0.15) is 27.2 Å². The molecule has 1 aliphatic rings. The molecular formula is C23H32N2O2Si. The molecular weight excluding hydrogens is 364 g/mol. The fourth-order valence-corrected chi connectivity index (χ4v) is 8.28. The van der Waals surface area contributed by atoms with E-state index in [0.717, 1.165) is 19.6 Å². The Hall–Kier alpha value is -1.95. The molecule has 0 spiro atoms. The van der Waals surface area contributed by atoms with Crippen LogP contribution in [0.15, 0.2) is 60.7 Å². The summed E-state index contributed by atoms with van der Waals surface area (Å²) in [7, 11) is -0.122. The third kappa shape index (κ3) is 4.72. The van der Waals surface area contributed by atoms with E-state index in [1.807, 2.05) is 0 Å². The van der Waals surface area contributed by atoms with E-state index in [4.69, 9.17) is 4.74 Å². The van der Waals surface area contributed by atoms with Gasteiger partial charge in [0.15, 0.2) is 0 Å². The Morgan fingerprint density at radius 1 is 1.00 bits per heavy atom. The van der Waals surface area contributed by atoms with E-state index in [2.05, 4.69) is 91.2 Å². The van der Waals surface area contributed by atoms with Gasteiger partial charge in [0.05, 0.1) is 19.3 Å². The van der Waals surface area contributed by atoms with Gasteiger partial charge in [-0.3, -0.25) is 14.6 Å². The molecule has 3 rings (SSSR count). The minimum absolute atomic E-state index is 0.0689. The molecule has 150 valence electrons. The van der Waals surface area contributed by atoms with E-state index in [0.29, 0.717) is 12.2 Å². The Balaban J connectivity index is 2.02. The summed E-state index contributed by atoms with van der Waals surface area (Å²) in [6.45, 7) is 9.65. The van der Waals surface area contributed by atoms with Crippen LogP contribution in [-0.4, -0.2) is 62.6 Å². The van der Waals surface area contributed by atoms with Crippen molar-refractivity contribution in [1.29, 1.82) is 0 Å². The molecule has 1 fully saturated rings. The van der Waals surface area contributed by atoms with Crippen molar-refractivity contribution in [1.82, 2.24) is 9.80 Å². The van der Waals surface area contributed by atoms with Gasteiger partial charge in [-0.1, -0.05) is 71.0 Å². The monoisotopic (exact) mass is 396 g/mol. The van der Waals surface area contributed by atoms with E-state index in [1.165, 1.54) is 17.5 Å². The second-order valence-corrected chi connectivity index (χ2v) is 11.3. The predicted octanol–water partition coefficient (Wildman–Crippen LogP) is 1.87. The third-order valence-electron chi connectivity index (χ3n) is 5.63. The first-order chi connectivity index (χ1) is 13.4. The number of hydrogen-bond acceptors (Lipinski definition) is 4. The molecule has 0 aliphatic carbocycles. The SMILES string of the molecule is COC(=O)CCN1CCN(C(C)(C)C)C1[SiH](c1ccccc1)c1ccccc1. The van der Waals surface area contributed by atoms with Crippen molar-refractivity contribution in [3.8, 4) is 0 Å². The van der Waals surface area contributed by atoms with E-state index in [9.17, 15) is 4.79 Å². The molecule has 4 nitrogen and oxygen atoms in total. The summed E-state index contributed by atoms with van der Waals surface area (Å²) in [5, 5.41) is 2.89. The first-order valence-electron chi connectivity index (χ1n) is 10.1. The molecule has 28 heavy (non-hydrogen) atoms. The largest absolute Gasteiger partial charge is 0.469 e. The molecule has 1 unspecified atom stereocenters. The molecule has 1 heterocycles. The number of methoxy groups -OCH3 is 1. The standard InChI is InChI=1S/C23H32N2O2Si/c1-23(2,3)25-18-17-24(16-15-21(26)27-4)22(25)28(19-11-7-5-8-12-19)20-13-9-6-10-14-20/h5-14,22,28H,15-18H2,1-4H3. The quantitative estimate of drug-likeness (QED) is 0.551. The van der Waals surface area contributed by atoms with Gasteiger partial charge in [-0.15, -0.1) is 0 Å². The minimum Gasteiger partial charge on any atom is -0.469 e. The van der Waals surface area contributed by atoms with Crippen LogP contribution in [0.4, 0.5) is 0 Å². The van der Waals surface area contributed by atoms with Gasteiger partial charge in [0, 0.05) is 25.2 Å². The summed E-state index contributed by atoms with van der Waals surface area (Å²) in [6.07, 6.45) is 0.440. The Morgan fingerprint density at radius 3 is 2.00 bits per heavy atom. The highest BCUT2D eigenvalue weighted by Crippen LogP contribution is 2.26. The molecule has 2 aromatic rings. The Labute approximate surface area is 170 Å². The third-order valence-corrected chi connectivity index (χ3v) is 9.21. The van der Waals surface area contributed by atoms with Crippen molar-refractivity contribution in [3.05, 3.63) is 60.7 Å². The van der Waals surface area contributed by atoms with Crippen molar-refractivity contribution < 1.29 is 9.53 Å². The van der Waals surface area contributed by atoms with Crippen molar-refractivity contribution in [2.45, 2.75) is 38.5 Å². The normalized spacial score (nSPS) is 18.5. The lowest BCUT2D eigenvalue weighted by Gasteiger charge is -2.43. The van der Waals surface area contributed by atoms with Crippen LogP contribution in [0.25, 0.3) is 0 Å². The Kier molecular flexibility index (Phi) is 6.70. The number of carbonyl (C=O) groups is 1. The summed E-state index contributed by atoms with van der Waals surface area (Å²) in [5.74, 6) is 0.194. The highest BCUT2D eigenvalue weighted by Gasteiger charge is 2.44. The topological polar surface area (TPSA) is 32.8 Å². The van der Waals surface area contributed by atoms with E-state index < -0.39 is 8.80 Å². The van der Waals surface area contributed by atoms with Crippen molar-refractivity contribution in [2.75, 3.05) is 26.7 Å². The smallest absolute Gasteiger partial charge is 0.306 e. The Bertz CT molecular complexity index is 722.